The van der Waals surface area contributed by atoms with Crippen molar-refractivity contribution in [3.8, 4) is 0 Å². The number of nitrogens with one attached hydrogen (secondary N) is 1. The minimum atomic E-state index is -0.406. The molecule has 2 aliphatic rings. The SMILES string of the molecule is CC1=CC(C)[C@@]2(COC(=O)Nc3ccccc3)COC(C)[C@@H]1C2C. The van der Waals surface area contributed by atoms with Gasteiger partial charge in [0.1, 0.15) is 6.61 Å². The molecule has 1 fully saturated rings. The van der Waals surface area contributed by atoms with Crippen LogP contribution in [0.2, 0.25) is 0 Å². The third-order valence-corrected chi connectivity index (χ3v) is 6.00. The van der Waals surface area contributed by atoms with Crippen molar-refractivity contribution >= 4 is 11.8 Å². The van der Waals surface area contributed by atoms with Crippen molar-refractivity contribution in [3.63, 3.8) is 0 Å². The average molecular weight is 329 g/mol. The van der Waals surface area contributed by atoms with Crippen LogP contribution in [0, 0.1) is 23.2 Å². The molecule has 1 aliphatic heterocycles. The molecule has 0 saturated carbocycles. The topological polar surface area (TPSA) is 47.6 Å². The third kappa shape index (κ3) is 2.95. The van der Waals surface area contributed by atoms with Crippen LogP contribution in [-0.4, -0.2) is 25.4 Å². The first-order chi connectivity index (χ1) is 11.4. The Morgan fingerprint density at radius 2 is 2.00 bits per heavy atom. The first-order valence-electron chi connectivity index (χ1n) is 8.73. The highest BCUT2D eigenvalue weighted by molar-refractivity contribution is 5.84. The lowest BCUT2D eigenvalue weighted by molar-refractivity contribution is -0.156. The maximum atomic E-state index is 12.2. The molecule has 2 bridgehead atoms. The lowest BCUT2D eigenvalue weighted by Gasteiger charge is -2.54. The first-order valence-corrected chi connectivity index (χ1v) is 8.73. The van der Waals surface area contributed by atoms with Crippen LogP contribution in [0.1, 0.15) is 27.7 Å². The summed E-state index contributed by atoms with van der Waals surface area (Å²) in [5.74, 6) is 1.14. The van der Waals surface area contributed by atoms with Gasteiger partial charge in [-0.2, -0.15) is 0 Å². The first kappa shape index (κ1) is 17.0. The monoisotopic (exact) mass is 329 g/mol. The molecule has 1 aromatic carbocycles. The van der Waals surface area contributed by atoms with Crippen LogP contribution in [-0.2, 0) is 9.47 Å². The van der Waals surface area contributed by atoms with E-state index < -0.39 is 6.09 Å². The van der Waals surface area contributed by atoms with E-state index in [0.717, 1.165) is 5.69 Å². The Morgan fingerprint density at radius 1 is 1.29 bits per heavy atom. The van der Waals surface area contributed by atoms with Gasteiger partial charge in [-0.1, -0.05) is 43.7 Å². The van der Waals surface area contributed by atoms with Crippen molar-refractivity contribution in [2.75, 3.05) is 18.5 Å². The van der Waals surface area contributed by atoms with Gasteiger partial charge in [-0.25, -0.2) is 4.79 Å². The fourth-order valence-corrected chi connectivity index (χ4v) is 4.45. The number of carbonyl (C=O) groups excluding carboxylic acids is 1. The van der Waals surface area contributed by atoms with E-state index in [1.807, 2.05) is 30.3 Å². The smallest absolute Gasteiger partial charge is 0.411 e. The number of hydrogen-bond donors (Lipinski definition) is 1. The predicted molar refractivity (Wildman–Crippen MR) is 94.8 cm³/mol. The summed E-state index contributed by atoms with van der Waals surface area (Å²) in [7, 11) is 0. The van der Waals surface area contributed by atoms with Crippen molar-refractivity contribution in [1.82, 2.24) is 0 Å². The molecule has 1 heterocycles. The fraction of sp³-hybridized carbons (Fsp3) is 0.550. The molecule has 1 amide bonds. The van der Waals surface area contributed by atoms with E-state index in [4.69, 9.17) is 9.47 Å². The summed E-state index contributed by atoms with van der Waals surface area (Å²) in [5, 5.41) is 2.78. The fourth-order valence-electron chi connectivity index (χ4n) is 4.45. The molecule has 3 unspecified atom stereocenters. The van der Waals surface area contributed by atoms with E-state index in [2.05, 4.69) is 39.1 Å². The Kier molecular flexibility index (Phi) is 4.68. The molecule has 4 heteroatoms. The second kappa shape index (κ2) is 6.60. The standard InChI is InChI=1S/C20H27NO3/c1-13-10-14(2)20(11-23-16(4)18(13)15(20)3)12-24-19(22)21-17-8-6-5-7-9-17/h5-10,14-16,18H,11-12H2,1-4H3,(H,21,22)/t14?,15?,16?,18-,20-/m0/s1. The van der Waals surface area contributed by atoms with E-state index in [9.17, 15) is 4.79 Å². The minimum absolute atomic E-state index is 0.148. The Bertz CT molecular complexity index is 627. The Labute approximate surface area is 144 Å². The summed E-state index contributed by atoms with van der Waals surface area (Å²) in [4.78, 5) is 12.2. The molecular weight excluding hydrogens is 302 g/mol. The Morgan fingerprint density at radius 3 is 2.71 bits per heavy atom. The molecule has 3 rings (SSSR count). The molecule has 0 radical (unpaired) electrons. The lowest BCUT2D eigenvalue weighted by Crippen LogP contribution is -2.56. The van der Waals surface area contributed by atoms with Crippen molar-refractivity contribution in [1.29, 1.82) is 0 Å². The van der Waals surface area contributed by atoms with E-state index in [1.54, 1.807) is 0 Å². The van der Waals surface area contributed by atoms with Gasteiger partial charge in [0.25, 0.3) is 0 Å². The molecule has 1 saturated heterocycles. The average Bonchev–Trinajstić information content (AvgIpc) is 2.54. The number of fused-ring (bicyclic) bond motifs is 2. The van der Waals surface area contributed by atoms with E-state index in [1.165, 1.54) is 5.57 Å². The maximum Gasteiger partial charge on any atom is 0.411 e. The van der Waals surface area contributed by atoms with Crippen molar-refractivity contribution < 1.29 is 14.3 Å². The quantitative estimate of drug-likeness (QED) is 0.831. The van der Waals surface area contributed by atoms with Crippen molar-refractivity contribution in [2.24, 2.45) is 23.2 Å². The Hall–Kier alpha value is -1.81. The molecule has 5 atom stereocenters. The summed E-state index contributed by atoms with van der Waals surface area (Å²) >= 11 is 0. The summed E-state index contributed by atoms with van der Waals surface area (Å²) in [6.07, 6.45) is 2.15. The number of ether oxygens (including phenoxy) is 2. The van der Waals surface area contributed by atoms with Gasteiger partial charge in [-0.15, -0.1) is 0 Å². The number of benzene rings is 1. The lowest BCUT2D eigenvalue weighted by atomic mass is 9.56. The van der Waals surface area contributed by atoms with Crippen LogP contribution in [0.3, 0.4) is 0 Å². The van der Waals surface area contributed by atoms with Crippen LogP contribution in [0.4, 0.5) is 10.5 Å². The van der Waals surface area contributed by atoms with Gasteiger partial charge in [0.05, 0.1) is 12.7 Å². The predicted octanol–water partition coefficient (Wildman–Crippen LogP) is 4.49. The number of carbonyl (C=O) groups is 1. The van der Waals surface area contributed by atoms with Crippen LogP contribution in [0.25, 0.3) is 0 Å². The Balaban J connectivity index is 1.70. The summed E-state index contributed by atoms with van der Waals surface area (Å²) in [5.41, 5.74) is 1.99. The minimum Gasteiger partial charge on any atom is -0.449 e. The molecule has 1 N–H and O–H groups in total. The number of allylic oxidation sites excluding steroid dienone is 1. The van der Waals surface area contributed by atoms with Crippen LogP contribution >= 0.6 is 0 Å². The number of para-hydroxylation sites is 1. The second-order valence-electron chi connectivity index (χ2n) is 7.33. The number of rotatable bonds is 3. The molecule has 130 valence electrons. The maximum absolute atomic E-state index is 12.2. The van der Waals surface area contributed by atoms with E-state index in [0.29, 0.717) is 31.0 Å². The van der Waals surface area contributed by atoms with Gasteiger partial charge in [0.2, 0.25) is 0 Å². The number of amides is 1. The zero-order chi connectivity index (χ0) is 17.3. The zero-order valence-electron chi connectivity index (χ0n) is 14.9. The van der Waals surface area contributed by atoms with Crippen LogP contribution in [0.15, 0.2) is 42.0 Å². The molecular formula is C20H27NO3. The van der Waals surface area contributed by atoms with Crippen molar-refractivity contribution in [3.05, 3.63) is 42.0 Å². The molecule has 0 aromatic heterocycles. The number of anilines is 1. The summed E-state index contributed by atoms with van der Waals surface area (Å²) in [6.45, 7) is 9.82. The largest absolute Gasteiger partial charge is 0.449 e. The van der Waals surface area contributed by atoms with Gasteiger partial charge >= 0.3 is 6.09 Å². The normalized spacial score (nSPS) is 35.1. The molecule has 1 aromatic rings. The van der Waals surface area contributed by atoms with Gasteiger partial charge in [0, 0.05) is 17.0 Å². The molecule has 1 aliphatic carbocycles. The molecule has 0 spiro atoms. The van der Waals surface area contributed by atoms with Crippen LogP contribution in [0.5, 0.6) is 0 Å². The summed E-state index contributed by atoms with van der Waals surface area (Å²) < 4.78 is 11.7. The van der Waals surface area contributed by atoms with Crippen molar-refractivity contribution in [2.45, 2.75) is 33.8 Å². The summed E-state index contributed by atoms with van der Waals surface area (Å²) in [6, 6.07) is 9.37. The van der Waals surface area contributed by atoms with Gasteiger partial charge in [0.15, 0.2) is 0 Å². The molecule has 4 nitrogen and oxygen atoms in total. The highest BCUT2D eigenvalue weighted by Gasteiger charge is 2.53. The van der Waals surface area contributed by atoms with Gasteiger partial charge < -0.3 is 9.47 Å². The molecule has 24 heavy (non-hydrogen) atoms. The van der Waals surface area contributed by atoms with E-state index in [-0.39, 0.29) is 11.5 Å². The van der Waals surface area contributed by atoms with Gasteiger partial charge in [-0.05, 0) is 37.8 Å². The van der Waals surface area contributed by atoms with Crippen LogP contribution < -0.4 is 5.32 Å². The zero-order valence-corrected chi connectivity index (χ0v) is 14.9. The highest BCUT2D eigenvalue weighted by Crippen LogP contribution is 2.52. The van der Waals surface area contributed by atoms with E-state index >= 15 is 0 Å². The third-order valence-electron chi connectivity index (χ3n) is 6.00. The number of hydrogen-bond acceptors (Lipinski definition) is 3. The van der Waals surface area contributed by atoms with Gasteiger partial charge in [-0.3, -0.25) is 5.32 Å². The highest BCUT2D eigenvalue weighted by atomic mass is 16.6. The second-order valence-corrected chi connectivity index (χ2v) is 7.33.